The maximum absolute atomic E-state index is 2.51. The molecule has 0 aromatic heterocycles. The quantitative estimate of drug-likeness (QED) is 0.196. The predicted octanol–water partition coefficient (Wildman–Crippen LogP) is 11.6. The number of hydrogen-bond acceptors (Lipinski definition) is 2. The van der Waals surface area contributed by atoms with Gasteiger partial charge in [-0.3, -0.25) is 0 Å². The van der Waals surface area contributed by atoms with E-state index in [0.717, 1.165) is 12.8 Å². The number of hydrogen-bond donors (Lipinski definition) is 0. The molecule has 47 heavy (non-hydrogen) atoms. The van der Waals surface area contributed by atoms with Crippen LogP contribution < -0.4 is 9.80 Å². The fourth-order valence-corrected chi connectivity index (χ4v) is 8.37. The highest BCUT2D eigenvalue weighted by molar-refractivity contribution is 5.85. The summed E-state index contributed by atoms with van der Waals surface area (Å²) in [6.07, 6.45) is 15.8. The van der Waals surface area contributed by atoms with Crippen LogP contribution in [0.5, 0.6) is 0 Å². The molecule has 1 aliphatic heterocycles. The fourth-order valence-electron chi connectivity index (χ4n) is 8.37. The molecule has 0 radical (unpaired) electrons. The van der Waals surface area contributed by atoms with E-state index in [1.54, 1.807) is 0 Å². The fraction of sp³-hybridized carbons (Fsp3) is 0.156. The van der Waals surface area contributed by atoms with Gasteiger partial charge in [0, 0.05) is 39.8 Å². The van der Waals surface area contributed by atoms with Gasteiger partial charge in [-0.2, -0.15) is 0 Å². The molecule has 5 aromatic carbocycles. The molecule has 2 nitrogen and oxygen atoms in total. The van der Waals surface area contributed by atoms with Crippen molar-refractivity contribution in [2.75, 3.05) is 9.80 Å². The third kappa shape index (κ3) is 4.47. The summed E-state index contributed by atoms with van der Waals surface area (Å²) >= 11 is 0. The molecule has 0 fully saturated rings. The normalized spacial score (nSPS) is 19.7. The Morgan fingerprint density at radius 2 is 1.38 bits per heavy atom. The van der Waals surface area contributed by atoms with E-state index >= 15 is 0 Å². The van der Waals surface area contributed by atoms with Crippen LogP contribution in [-0.2, 0) is 5.41 Å². The Morgan fingerprint density at radius 3 is 2.19 bits per heavy atom. The summed E-state index contributed by atoms with van der Waals surface area (Å²) in [7, 11) is 0. The Hall–Kier alpha value is -5.34. The summed E-state index contributed by atoms with van der Waals surface area (Å²) in [5.74, 6) is 0.356. The molecule has 2 atom stereocenters. The third-order valence-corrected chi connectivity index (χ3v) is 10.7. The number of nitrogens with zero attached hydrogens (tertiary/aromatic N) is 2. The van der Waals surface area contributed by atoms with Crippen LogP contribution in [0.3, 0.4) is 0 Å². The maximum Gasteiger partial charge on any atom is 0.0629 e. The van der Waals surface area contributed by atoms with E-state index in [4.69, 9.17) is 0 Å². The molecule has 5 aromatic rings. The molecule has 0 N–H and O–H groups in total. The Balaban J connectivity index is 1.08. The number of rotatable bonds is 5. The number of anilines is 4. The van der Waals surface area contributed by atoms with Crippen LogP contribution in [0.15, 0.2) is 163 Å². The van der Waals surface area contributed by atoms with Crippen molar-refractivity contribution in [1.29, 1.82) is 0 Å². The number of allylic oxidation sites excluding steroid dienone is 6. The Kier molecular flexibility index (Phi) is 6.47. The maximum atomic E-state index is 2.51. The van der Waals surface area contributed by atoms with E-state index in [-0.39, 0.29) is 5.41 Å². The average molecular weight is 607 g/mol. The van der Waals surface area contributed by atoms with Crippen LogP contribution in [0.2, 0.25) is 0 Å². The van der Waals surface area contributed by atoms with Crippen molar-refractivity contribution in [2.45, 2.75) is 44.1 Å². The van der Waals surface area contributed by atoms with Gasteiger partial charge in [0.25, 0.3) is 0 Å². The second-order valence-electron chi connectivity index (χ2n) is 13.7. The lowest BCUT2D eigenvalue weighted by molar-refractivity contribution is 0.660. The lowest BCUT2D eigenvalue weighted by Crippen LogP contribution is -2.28. The monoisotopic (exact) mass is 606 g/mol. The minimum absolute atomic E-state index is 0.0374. The summed E-state index contributed by atoms with van der Waals surface area (Å²) in [6.45, 7) is 4.72. The molecule has 3 aliphatic carbocycles. The zero-order valence-electron chi connectivity index (χ0n) is 27.0. The highest BCUT2D eigenvalue weighted by Crippen LogP contribution is 2.51. The molecule has 4 aliphatic rings. The summed E-state index contributed by atoms with van der Waals surface area (Å²) in [5, 5.41) is 0. The van der Waals surface area contributed by atoms with Gasteiger partial charge >= 0.3 is 0 Å². The van der Waals surface area contributed by atoms with E-state index in [9.17, 15) is 0 Å². The Bertz CT molecular complexity index is 2130. The Morgan fingerprint density at radius 1 is 0.638 bits per heavy atom. The highest BCUT2D eigenvalue weighted by atomic mass is 15.2. The number of benzene rings is 5. The number of para-hydroxylation sites is 2. The average Bonchev–Trinajstić information content (AvgIpc) is 3.58. The van der Waals surface area contributed by atoms with Crippen molar-refractivity contribution >= 4 is 28.3 Å². The van der Waals surface area contributed by atoms with Gasteiger partial charge in [-0.15, -0.1) is 0 Å². The summed E-state index contributed by atoms with van der Waals surface area (Å²) < 4.78 is 0. The SMILES string of the molecule is CC1(C)c2ccccc2-c2ccc(N(C3=CC=C(c4ccc5c(c4)C4C=CC=CC4N5c4ccccc4)CC3)c3ccccc3)cc21. The lowest BCUT2D eigenvalue weighted by atomic mass is 9.82. The van der Waals surface area contributed by atoms with Gasteiger partial charge in [0.05, 0.1) is 6.04 Å². The minimum Gasteiger partial charge on any atom is -0.333 e. The molecule has 2 unspecified atom stereocenters. The van der Waals surface area contributed by atoms with Crippen LogP contribution in [0.4, 0.5) is 22.7 Å². The first kappa shape index (κ1) is 27.9. The van der Waals surface area contributed by atoms with Crippen LogP contribution in [0.1, 0.15) is 54.9 Å². The molecule has 0 amide bonds. The van der Waals surface area contributed by atoms with Crippen LogP contribution >= 0.6 is 0 Å². The molecule has 0 spiro atoms. The molecule has 0 saturated heterocycles. The van der Waals surface area contributed by atoms with Crippen LogP contribution in [0, 0.1) is 0 Å². The van der Waals surface area contributed by atoms with E-state index in [0.29, 0.717) is 12.0 Å². The van der Waals surface area contributed by atoms with Crippen molar-refractivity contribution in [2.24, 2.45) is 0 Å². The highest BCUT2D eigenvalue weighted by Gasteiger charge is 2.38. The van der Waals surface area contributed by atoms with Gasteiger partial charge in [-0.1, -0.05) is 117 Å². The summed E-state index contributed by atoms with van der Waals surface area (Å²) in [5.41, 5.74) is 16.0. The van der Waals surface area contributed by atoms with E-state index in [1.807, 2.05) is 0 Å². The first-order chi connectivity index (χ1) is 23.1. The lowest BCUT2D eigenvalue weighted by Gasteiger charge is -2.31. The van der Waals surface area contributed by atoms with Crippen LogP contribution in [-0.4, -0.2) is 6.04 Å². The minimum atomic E-state index is -0.0374. The van der Waals surface area contributed by atoms with Gasteiger partial charge in [-0.05, 0) is 106 Å². The smallest absolute Gasteiger partial charge is 0.0629 e. The standard InChI is InChI=1S/C45H38N2/c1-45(2)41-19-11-9-17-37(41)38-27-26-36(30-42(38)45)46(33-13-5-3-6-14-33)35-24-21-31(22-25-35)32-23-28-44-40(29-32)39-18-10-12-20-43(39)47(44)34-15-7-4-8-16-34/h3-21,23-24,26-30,39,43H,22,25H2,1-2H3. The molecule has 9 rings (SSSR count). The molecule has 0 saturated carbocycles. The van der Waals surface area contributed by atoms with Crippen molar-refractivity contribution in [3.8, 4) is 11.1 Å². The van der Waals surface area contributed by atoms with E-state index in [1.165, 1.54) is 67.4 Å². The molecule has 2 heteroatoms. The van der Waals surface area contributed by atoms with Crippen molar-refractivity contribution in [1.82, 2.24) is 0 Å². The topological polar surface area (TPSA) is 6.48 Å². The van der Waals surface area contributed by atoms with E-state index in [2.05, 4.69) is 181 Å². The number of fused-ring (bicyclic) bond motifs is 6. The zero-order valence-corrected chi connectivity index (χ0v) is 27.0. The van der Waals surface area contributed by atoms with Crippen molar-refractivity contribution in [3.63, 3.8) is 0 Å². The molecule has 228 valence electrons. The van der Waals surface area contributed by atoms with Gasteiger partial charge in [0.2, 0.25) is 0 Å². The van der Waals surface area contributed by atoms with Gasteiger partial charge in [0.1, 0.15) is 0 Å². The first-order valence-electron chi connectivity index (χ1n) is 16.9. The van der Waals surface area contributed by atoms with Crippen molar-refractivity contribution in [3.05, 3.63) is 186 Å². The molecule has 1 heterocycles. The molecular formula is C45H38N2. The zero-order chi connectivity index (χ0) is 31.5. The van der Waals surface area contributed by atoms with Crippen molar-refractivity contribution < 1.29 is 0 Å². The summed E-state index contributed by atoms with van der Waals surface area (Å²) in [6, 6.07) is 45.1. The second-order valence-corrected chi connectivity index (χ2v) is 13.7. The third-order valence-electron chi connectivity index (χ3n) is 10.7. The predicted molar refractivity (Wildman–Crippen MR) is 198 cm³/mol. The van der Waals surface area contributed by atoms with Gasteiger partial charge < -0.3 is 9.80 Å². The summed E-state index contributed by atoms with van der Waals surface area (Å²) in [4.78, 5) is 4.97. The van der Waals surface area contributed by atoms with Gasteiger partial charge in [-0.25, -0.2) is 0 Å². The second kappa shape index (κ2) is 10.9. The largest absolute Gasteiger partial charge is 0.333 e. The van der Waals surface area contributed by atoms with Crippen LogP contribution in [0.25, 0.3) is 16.7 Å². The molecule has 0 bridgehead atoms. The first-order valence-corrected chi connectivity index (χ1v) is 16.9. The Labute approximate surface area is 278 Å². The van der Waals surface area contributed by atoms with E-state index < -0.39 is 0 Å². The molecular weight excluding hydrogens is 569 g/mol. The van der Waals surface area contributed by atoms with Gasteiger partial charge in [0.15, 0.2) is 0 Å².